The second-order valence-electron chi connectivity index (χ2n) is 6.51. The molecule has 2 aromatic carbocycles. The SMILES string of the molecule is Cc1ccc(CNC(=O)c2nnc(Cn3nc(-c4ccc(F)cc4)oc3=O)s2)cc1. The molecule has 0 saturated carbocycles. The first-order valence-electron chi connectivity index (χ1n) is 8.98. The zero-order chi connectivity index (χ0) is 21.1. The molecular formula is C20H16FN5O3S. The molecule has 10 heteroatoms. The van der Waals surface area contributed by atoms with Crippen molar-refractivity contribution in [2.24, 2.45) is 0 Å². The highest BCUT2D eigenvalue weighted by atomic mass is 32.1. The van der Waals surface area contributed by atoms with Gasteiger partial charge in [0.15, 0.2) is 0 Å². The summed E-state index contributed by atoms with van der Waals surface area (Å²) in [7, 11) is 0. The van der Waals surface area contributed by atoms with Gasteiger partial charge in [0.25, 0.3) is 5.91 Å². The Hall–Kier alpha value is -3.66. The molecule has 152 valence electrons. The third-order valence-corrected chi connectivity index (χ3v) is 5.12. The van der Waals surface area contributed by atoms with Crippen LogP contribution in [-0.2, 0) is 13.1 Å². The number of aromatic nitrogens is 4. The molecule has 0 aliphatic carbocycles. The van der Waals surface area contributed by atoms with Gasteiger partial charge in [0.05, 0.1) is 0 Å². The highest BCUT2D eigenvalue weighted by Crippen LogP contribution is 2.17. The number of halogens is 1. The van der Waals surface area contributed by atoms with Crippen molar-refractivity contribution in [2.75, 3.05) is 0 Å². The number of carbonyl (C=O) groups is 1. The average molecular weight is 425 g/mol. The number of aryl methyl sites for hydroxylation is 1. The molecule has 2 heterocycles. The van der Waals surface area contributed by atoms with E-state index in [9.17, 15) is 14.0 Å². The number of hydrogen-bond donors (Lipinski definition) is 1. The summed E-state index contributed by atoms with van der Waals surface area (Å²) in [5, 5.41) is 15.3. The van der Waals surface area contributed by atoms with Crippen LogP contribution in [0, 0.1) is 12.7 Å². The predicted molar refractivity (Wildman–Crippen MR) is 108 cm³/mol. The summed E-state index contributed by atoms with van der Waals surface area (Å²) in [6.07, 6.45) is 0. The van der Waals surface area contributed by atoms with Crippen LogP contribution < -0.4 is 11.1 Å². The van der Waals surface area contributed by atoms with E-state index < -0.39 is 11.6 Å². The van der Waals surface area contributed by atoms with Crippen molar-refractivity contribution in [1.82, 2.24) is 25.3 Å². The van der Waals surface area contributed by atoms with E-state index in [1.165, 1.54) is 24.3 Å². The topological polar surface area (TPSA) is 103 Å². The minimum absolute atomic E-state index is 0.00639. The molecule has 0 aliphatic heterocycles. The van der Waals surface area contributed by atoms with Gasteiger partial charge in [-0.15, -0.1) is 15.3 Å². The molecule has 4 rings (SSSR count). The fourth-order valence-corrected chi connectivity index (χ4v) is 3.35. The maximum absolute atomic E-state index is 13.0. The fraction of sp³-hybridized carbons (Fsp3) is 0.150. The summed E-state index contributed by atoms with van der Waals surface area (Å²) in [6, 6.07) is 13.3. The van der Waals surface area contributed by atoms with Gasteiger partial charge in [-0.25, -0.2) is 9.18 Å². The van der Waals surface area contributed by atoms with E-state index in [4.69, 9.17) is 4.42 Å². The quantitative estimate of drug-likeness (QED) is 0.510. The molecule has 0 atom stereocenters. The monoisotopic (exact) mass is 425 g/mol. The second-order valence-corrected chi connectivity index (χ2v) is 7.57. The third kappa shape index (κ3) is 4.49. The molecule has 0 bridgehead atoms. The Balaban J connectivity index is 1.42. The first-order valence-corrected chi connectivity index (χ1v) is 9.79. The second kappa shape index (κ2) is 8.37. The number of amides is 1. The molecular weight excluding hydrogens is 409 g/mol. The lowest BCUT2D eigenvalue weighted by molar-refractivity contribution is 0.0950. The van der Waals surface area contributed by atoms with E-state index >= 15 is 0 Å². The fourth-order valence-electron chi connectivity index (χ4n) is 2.62. The molecule has 0 unspecified atom stereocenters. The van der Waals surface area contributed by atoms with Crippen LogP contribution >= 0.6 is 11.3 Å². The molecule has 8 nitrogen and oxygen atoms in total. The van der Waals surface area contributed by atoms with Crippen LogP contribution in [0.25, 0.3) is 11.5 Å². The average Bonchev–Trinajstić information content (AvgIpc) is 3.35. The number of benzene rings is 2. The van der Waals surface area contributed by atoms with Gasteiger partial charge in [-0.05, 0) is 36.8 Å². The maximum Gasteiger partial charge on any atom is 0.437 e. The van der Waals surface area contributed by atoms with Crippen LogP contribution in [-0.4, -0.2) is 25.9 Å². The largest absolute Gasteiger partial charge is 0.437 e. The third-order valence-electron chi connectivity index (χ3n) is 4.22. The summed E-state index contributed by atoms with van der Waals surface area (Å²) in [5.74, 6) is -1.36. The van der Waals surface area contributed by atoms with Gasteiger partial charge in [0.1, 0.15) is 17.4 Å². The molecule has 4 aromatic rings. The van der Waals surface area contributed by atoms with Crippen molar-refractivity contribution in [3.8, 4) is 11.5 Å². The first kappa shape index (κ1) is 19.6. The molecule has 1 N–H and O–H groups in total. The van der Waals surface area contributed by atoms with Gasteiger partial charge in [-0.3, -0.25) is 4.79 Å². The Morgan fingerprint density at radius 1 is 1.13 bits per heavy atom. The summed E-state index contributed by atoms with van der Waals surface area (Å²) in [4.78, 5) is 24.3. The number of rotatable bonds is 6. The lowest BCUT2D eigenvalue weighted by atomic mass is 10.1. The zero-order valence-corrected chi connectivity index (χ0v) is 16.6. The lowest BCUT2D eigenvalue weighted by Gasteiger charge is -2.03. The maximum atomic E-state index is 13.0. The standard InChI is InChI=1S/C20H16FN5O3S/c1-12-2-4-13(5-3-12)10-22-17(27)19-24-23-16(30-19)11-26-20(28)29-18(25-26)14-6-8-15(21)9-7-14/h2-9H,10-11H2,1H3,(H,22,27). The minimum atomic E-state index is -0.685. The molecule has 0 spiro atoms. The smallest absolute Gasteiger partial charge is 0.388 e. The molecule has 1 amide bonds. The van der Waals surface area contributed by atoms with Crippen molar-refractivity contribution in [3.63, 3.8) is 0 Å². The number of carbonyl (C=O) groups excluding carboxylic acids is 1. The lowest BCUT2D eigenvalue weighted by Crippen LogP contribution is -2.22. The molecule has 30 heavy (non-hydrogen) atoms. The molecule has 0 saturated heterocycles. The van der Waals surface area contributed by atoms with Gasteiger partial charge in [0, 0.05) is 12.1 Å². The Morgan fingerprint density at radius 2 is 1.87 bits per heavy atom. The van der Waals surface area contributed by atoms with Crippen LogP contribution in [0.2, 0.25) is 0 Å². The van der Waals surface area contributed by atoms with Gasteiger partial charge in [0.2, 0.25) is 10.9 Å². The number of nitrogens with one attached hydrogen (secondary N) is 1. The van der Waals surface area contributed by atoms with Gasteiger partial charge >= 0.3 is 5.76 Å². The molecule has 0 radical (unpaired) electrons. The number of hydrogen-bond acceptors (Lipinski definition) is 7. The number of nitrogens with zero attached hydrogens (tertiary/aromatic N) is 4. The van der Waals surface area contributed by atoms with Gasteiger partial charge in [-0.2, -0.15) is 4.68 Å². The predicted octanol–water partition coefficient (Wildman–Crippen LogP) is 2.78. The van der Waals surface area contributed by atoms with Crippen LogP contribution in [0.5, 0.6) is 0 Å². The van der Waals surface area contributed by atoms with E-state index in [1.54, 1.807) is 0 Å². The van der Waals surface area contributed by atoms with Crippen molar-refractivity contribution in [2.45, 2.75) is 20.0 Å². The van der Waals surface area contributed by atoms with Crippen molar-refractivity contribution in [1.29, 1.82) is 0 Å². The van der Waals surface area contributed by atoms with Crippen molar-refractivity contribution < 1.29 is 13.6 Å². The highest BCUT2D eigenvalue weighted by molar-refractivity contribution is 7.13. The van der Waals surface area contributed by atoms with Crippen LogP contribution in [0.15, 0.2) is 57.7 Å². The summed E-state index contributed by atoms with van der Waals surface area (Å²) in [5.41, 5.74) is 2.59. The Kier molecular flexibility index (Phi) is 5.48. The first-order chi connectivity index (χ1) is 14.5. The summed E-state index contributed by atoms with van der Waals surface area (Å²) >= 11 is 1.06. The van der Waals surface area contributed by atoms with E-state index in [0.29, 0.717) is 17.1 Å². The zero-order valence-electron chi connectivity index (χ0n) is 15.8. The Morgan fingerprint density at radius 3 is 2.60 bits per heavy atom. The van der Waals surface area contributed by atoms with Gasteiger partial charge in [-0.1, -0.05) is 41.2 Å². The highest BCUT2D eigenvalue weighted by Gasteiger charge is 2.16. The van der Waals surface area contributed by atoms with Crippen molar-refractivity contribution >= 4 is 17.2 Å². The summed E-state index contributed by atoms with van der Waals surface area (Å²) in [6.45, 7) is 2.37. The van der Waals surface area contributed by atoms with E-state index in [0.717, 1.165) is 27.1 Å². The normalized spacial score (nSPS) is 10.9. The molecule has 0 fully saturated rings. The molecule has 0 aliphatic rings. The molecule has 2 aromatic heterocycles. The Bertz CT molecular complexity index is 1230. The minimum Gasteiger partial charge on any atom is -0.388 e. The van der Waals surface area contributed by atoms with E-state index in [-0.39, 0.29) is 23.4 Å². The Labute approximate surface area is 174 Å². The van der Waals surface area contributed by atoms with Crippen LogP contribution in [0.1, 0.15) is 25.9 Å². The van der Waals surface area contributed by atoms with E-state index in [2.05, 4.69) is 20.6 Å². The van der Waals surface area contributed by atoms with Crippen LogP contribution in [0.4, 0.5) is 4.39 Å². The van der Waals surface area contributed by atoms with E-state index in [1.807, 2.05) is 31.2 Å². The summed E-state index contributed by atoms with van der Waals surface area (Å²) < 4.78 is 19.2. The van der Waals surface area contributed by atoms with Crippen LogP contribution in [0.3, 0.4) is 0 Å². The van der Waals surface area contributed by atoms with Crippen molar-refractivity contribution in [3.05, 3.63) is 86.0 Å². The van der Waals surface area contributed by atoms with Gasteiger partial charge < -0.3 is 9.73 Å².